The first-order valence-electron chi connectivity index (χ1n) is 4.22. The Labute approximate surface area is 81.1 Å². The molecule has 0 radical (unpaired) electrons. The quantitative estimate of drug-likeness (QED) is 0.757. The Morgan fingerprint density at radius 2 is 2.21 bits per heavy atom. The molecule has 1 rings (SSSR count). The lowest BCUT2D eigenvalue weighted by molar-refractivity contribution is 0.101. The van der Waals surface area contributed by atoms with Gasteiger partial charge in [-0.15, -0.1) is 0 Å². The number of phenolic OH excluding ortho intramolecular Hbond substituents is 1. The van der Waals surface area contributed by atoms with E-state index in [2.05, 4.69) is 0 Å². The molecule has 3 nitrogen and oxygen atoms in total. The van der Waals surface area contributed by atoms with Crippen molar-refractivity contribution in [2.75, 3.05) is 6.61 Å². The van der Waals surface area contributed by atoms with Crippen LogP contribution in [0.25, 0.3) is 0 Å². The van der Waals surface area contributed by atoms with Gasteiger partial charge in [-0.25, -0.2) is 4.39 Å². The highest BCUT2D eigenvalue weighted by Gasteiger charge is 2.12. The van der Waals surface area contributed by atoms with Crippen LogP contribution in [0.4, 0.5) is 4.39 Å². The van der Waals surface area contributed by atoms with Gasteiger partial charge in [-0.2, -0.15) is 0 Å². The average molecular weight is 198 g/mol. The molecule has 0 bridgehead atoms. The van der Waals surface area contributed by atoms with Crippen LogP contribution in [0.2, 0.25) is 0 Å². The molecule has 1 N–H and O–H groups in total. The molecule has 0 amide bonds. The van der Waals surface area contributed by atoms with Crippen molar-refractivity contribution in [2.24, 2.45) is 0 Å². The number of halogens is 1. The Kier molecular flexibility index (Phi) is 3.06. The van der Waals surface area contributed by atoms with Gasteiger partial charge >= 0.3 is 0 Å². The van der Waals surface area contributed by atoms with Gasteiger partial charge in [0.2, 0.25) is 0 Å². The van der Waals surface area contributed by atoms with Gasteiger partial charge in [0.1, 0.15) is 0 Å². The molecule has 0 aliphatic rings. The first-order valence-corrected chi connectivity index (χ1v) is 4.22. The van der Waals surface area contributed by atoms with Crippen LogP contribution < -0.4 is 4.74 Å². The van der Waals surface area contributed by atoms with Crippen molar-refractivity contribution in [3.63, 3.8) is 0 Å². The number of rotatable bonds is 3. The summed E-state index contributed by atoms with van der Waals surface area (Å²) >= 11 is 0. The second-order valence-electron chi connectivity index (χ2n) is 2.79. The zero-order valence-electron chi connectivity index (χ0n) is 8.00. The summed E-state index contributed by atoms with van der Waals surface area (Å²) in [5.74, 6) is -1.68. The van der Waals surface area contributed by atoms with Crippen molar-refractivity contribution in [1.82, 2.24) is 0 Å². The van der Waals surface area contributed by atoms with Crippen LogP contribution in [0.3, 0.4) is 0 Å². The van der Waals surface area contributed by atoms with E-state index in [1.54, 1.807) is 6.92 Å². The molecule has 0 aliphatic heterocycles. The van der Waals surface area contributed by atoms with Gasteiger partial charge in [0, 0.05) is 5.56 Å². The summed E-state index contributed by atoms with van der Waals surface area (Å²) in [7, 11) is 0. The molecular formula is C10H11FO3. The third kappa shape index (κ3) is 2.02. The van der Waals surface area contributed by atoms with Crippen molar-refractivity contribution in [1.29, 1.82) is 0 Å². The molecule has 0 saturated heterocycles. The number of benzene rings is 1. The second kappa shape index (κ2) is 4.09. The molecule has 14 heavy (non-hydrogen) atoms. The van der Waals surface area contributed by atoms with Gasteiger partial charge in [0.05, 0.1) is 6.61 Å². The molecule has 0 aliphatic carbocycles. The summed E-state index contributed by atoms with van der Waals surface area (Å²) in [4.78, 5) is 11.0. The molecule has 1 aromatic carbocycles. The average Bonchev–Trinajstić information content (AvgIpc) is 2.12. The Balaban J connectivity index is 3.20. The summed E-state index contributed by atoms with van der Waals surface area (Å²) in [5.41, 5.74) is 0.184. The summed E-state index contributed by atoms with van der Waals surface area (Å²) in [5, 5.41) is 9.22. The van der Waals surface area contributed by atoms with Gasteiger partial charge in [-0.1, -0.05) is 0 Å². The highest BCUT2D eigenvalue weighted by molar-refractivity contribution is 5.94. The maximum Gasteiger partial charge on any atom is 0.194 e. The van der Waals surface area contributed by atoms with E-state index >= 15 is 0 Å². The number of ketones is 1. The van der Waals surface area contributed by atoms with Crippen LogP contribution in [-0.2, 0) is 0 Å². The fourth-order valence-electron chi connectivity index (χ4n) is 1.04. The molecule has 0 heterocycles. The van der Waals surface area contributed by atoms with Gasteiger partial charge in [-0.05, 0) is 26.0 Å². The lowest BCUT2D eigenvalue weighted by Gasteiger charge is -2.07. The predicted molar refractivity (Wildman–Crippen MR) is 49.2 cm³/mol. The van der Waals surface area contributed by atoms with Gasteiger partial charge in [0.25, 0.3) is 0 Å². The van der Waals surface area contributed by atoms with Gasteiger partial charge in [0.15, 0.2) is 23.1 Å². The number of hydrogen-bond acceptors (Lipinski definition) is 3. The highest BCUT2D eigenvalue weighted by atomic mass is 19.1. The minimum absolute atomic E-state index is 0.00213. The zero-order chi connectivity index (χ0) is 10.7. The monoisotopic (exact) mass is 198 g/mol. The molecule has 76 valence electrons. The smallest absolute Gasteiger partial charge is 0.194 e. The van der Waals surface area contributed by atoms with E-state index in [0.717, 1.165) is 6.07 Å². The van der Waals surface area contributed by atoms with E-state index < -0.39 is 11.6 Å². The Hall–Kier alpha value is -1.58. The number of Topliss-reactive ketones (excluding diaryl/α,β-unsaturated/α-hetero) is 1. The maximum atomic E-state index is 13.0. The third-order valence-corrected chi connectivity index (χ3v) is 1.73. The summed E-state index contributed by atoms with van der Waals surface area (Å²) in [6.45, 7) is 3.33. The van der Waals surface area contributed by atoms with Crippen LogP contribution >= 0.6 is 0 Å². The SMILES string of the molecule is CCOc1cc(C(C)=O)cc(F)c1O. The van der Waals surface area contributed by atoms with E-state index in [0.29, 0.717) is 6.61 Å². The van der Waals surface area contributed by atoms with Crippen molar-refractivity contribution >= 4 is 5.78 Å². The highest BCUT2D eigenvalue weighted by Crippen LogP contribution is 2.30. The molecule has 1 aromatic rings. The third-order valence-electron chi connectivity index (χ3n) is 1.73. The van der Waals surface area contributed by atoms with Crippen LogP contribution in [0, 0.1) is 5.82 Å². The molecule has 0 saturated carbocycles. The molecular weight excluding hydrogens is 187 g/mol. The summed E-state index contributed by atoms with van der Waals surface area (Å²) in [6, 6.07) is 2.31. The molecule has 4 heteroatoms. The Morgan fingerprint density at radius 3 is 2.71 bits per heavy atom. The van der Waals surface area contributed by atoms with Crippen molar-refractivity contribution in [2.45, 2.75) is 13.8 Å². The molecule has 0 fully saturated rings. The number of phenols is 1. The Bertz CT molecular complexity index is 361. The molecule has 0 spiro atoms. The number of aromatic hydroxyl groups is 1. The fourth-order valence-corrected chi connectivity index (χ4v) is 1.04. The molecule has 0 unspecified atom stereocenters. The van der Waals surface area contributed by atoms with Crippen molar-refractivity contribution < 1.29 is 19.0 Å². The van der Waals surface area contributed by atoms with E-state index in [4.69, 9.17) is 4.74 Å². The van der Waals surface area contributed by atoms with E-state index in [9.17, 15) is 14.3 Å². The number of carbonyl (C=O) groups excluding carboxylic acids is 1. The topological polar surface area (TPSA) is 46.5 Å². The van der Waals surface area contributed by atoms with E-state index in [1.807, 2.05) is 0 Å². The number of hydrogen-bond donors (Lipinski definition) is 1. The molecule has 0 aromatic heterocycles. The Morgan fingerprint density at radius 1 is 1.57 bits per heavy atom. The van der Waals surface area contributed by atoms with Crippen molar-refractivity contribution in [3.8, 4) is 11.5 Å². The maximum absolute atomic E-state index is 13.0. The standard InChI is InChI=1S/C10H11FO3/c1-3-14-9-5-7(6(2)12)4-8(11)10(9)13/h4-5,13H,3H2,1-2H3. The van der Waals surface area contributed by atoms with Gasteiger partial charge in [-0.3, -0.25) is 4.79 Å². The minimum Gasteiger partial charge on any atom is -0.502 e. The van der Waals surface area contributed by atoms with Crippen molar-refractivity contribution in [3.05, 3.63) is 23.5 Å². The number of carbonyl (C=O) groups is 1. The predicted octanol–water partition coefficient (Wildman–Crippen LogP) is 2.13. The zero-order valence-corrected chi connectivity index (χ0v) is 8.00. The first-order chi connectivity index (χ1) is 6.56. The van der Waals surface area contributed by atoms with E-state index in [-0.39, 0.29) is 17.1 Å². The van der Waals surface area contributed by atoms with Crippen LogP contribution in [0.5, 0.6) is 11.5 Å². The van der Waals surface area contributed by atoms with Gasteiger partial charge < -0.3 is 9.84 Å². The summed E-state index contributed by atoms with van der Waals surface area (Å²) < 4.78 is 18.0. The second-order valence-corrected chi connectivity index (χ2v) is 2.79. The first kappa shape index (κ1) is 10.5. The minimum atomic E-state index is -0.846. The summed E-state index contributed by atoms with van der Waals surface area (Å²) in [6.07, 6.45) is 0. The van der Waals surface area contributed by atoms with Crippen LogP contribution in [-0.4, -0.2) is 17.5 Å². The van der Waals surface area contributed by atoms with Crippen LogP contribution in [0.1, 0.15) is 24.2 Å². The lowest BCUT2D eigenvalue weighted by Crippen LogP contribution is -1.98. The normalized spacial score (nSPS) is 9.93. The lowest BCUT2D eigenvalue weighted by atomic mass is 10.1. The van der Waals surface area contributed by atoms with E-state index in [1.165, 1.54) is 13.0 Å². The molecule has 0 atom stereocenters. The van der Waals surface area contributed by atoms with Crippen LogP contribution in [0.15, 0.2) is 12.1 Å². The number of ether oxygens (including phenoxy) is 1. The fraction of sp³-hybridized carbons (Fsp3) is 0.300. The largest absolute Gasteiger partial charge is 0.502 e.